The highest BCUT2D eigenvalue weighted by atomic mass is 16.4. The predicted molar refractivity (Wildman–Crippen MR) is 139 cm³/mol. The van der Waals surface area contributed by atoms with Crippen molar-refractivity contribution in [3.63, 3.8) is 0 Å². The first-order valence-electron chi connectivity index (χ1n) is 14.5. The minimum atomic E-state index is -0.662. The maximum absolute atomic E-state index is 12.1. The van der Waals surface area contributed by atoms with Crippen LogP contribution in [0.4, 0.5) is 0 Å². The van der Waals surface area contributed by atoms with Crippen LogP contribution >= 0.6 is 0 Å². The first-order valence-corrected chi connectivity index (χ1v) is 14.5. The van der Waals surface area contributed by atoms with Crippen molar-refractivity contribution < 1.29 is 20.1 Å². The Bertz CT molecular complexity index is 908. The van der Waals surface area contributed by atoms with Crippen molar-refractivity contribution in [1.82, 2.24) is 0 Å². The van der Waals surface area contributed by atoms with E-state index in [2.05, 4.69) is 47.6 Å². The fraction of sp³-hybridized carbons (Fsp3) is 0.903. The summed E-state index contributed by atoms with van der Waals surface area (Å²) >= 11 is 0. The highest BCUT2D eigenvalue weighted by Crippen LogP contribution is 2.76. The molecule has 0 spiro atoms. The molecule has 5 aliphatic carbocycles. The van der Waals surface area contributed by atoms with Gasteiger partial charge in [-0.25, -0.2) is 0 Å². The Morgan fingerprint density at radius 2 is 1.69 bits per heavy atom. The number of carboxylic acids is 1. The number of allylic oxidation sites excluding steroid dienone is 1. The minimum Gasteiger partial charge on any atom is -0.481 e. The molecule has 198 valence electrons. The van der Waals surface area contributed by atoms with E-state index in [0.29, 0.717) is 23.7 Å². The number of aliphatic hydroxyl groups excluding tert-OH is 2. The summed E-state index contributed by atoms with van der Waals surface area (Å²) in [6, 6.07) is 0. The Hall–Kier alpha value is -0.870. The number of carboxylic acid groups (broad SMARTS) is 1. The smallest absolute Gasteiger partial charge is 0.303 e. The standard InChI is InChI=1S/C31H50O4/c1-19-9-14-30(17-25(34)35)15-16-31(18-32)21(26(30)20(19)2)7-8-23-28(5)12-11-24(33)27(3,4)22(28)10-13-29(23,31)6/h7,19-20,22-24,26,32-33H,8-18H2,1-6H3,(H,34,35)/t19-,20+,22+,23-,24+,26+,28+,29-,30-,31+/m1/s1. The lowest BCUT2D eigenvalue weighted by Crippen LogP contribution is -2.66. The molecule has 0 unspecified atom stereocenters. The molecule has 4 fully saturated rings. The maximum Gasteiger partial charge on any atom is 0.303 e. The number of aliphatic carboxylic acids is 1. The van der Waals surface area contributed by atoms with E-state index in [9.17, 15) is 20.1 Å². The summed E-state index contributed by atoms with van der Waals surface area (Å²) in [5.74, 6) is 1.60. The van der Waals surface area contributed by atoms with Gasteiger partial charge < -0.3 is 15.3 Å². The predicted octanol–water partition coefficient (Wildman–Crippen LogP) is 6.45. The molecule has 0 radical (unpaired) electrons. The number of fused-ring (bicyclic) bond motifs is 7. The van der Waals surface area contributed by atoms with Gasteiger partial charge in [-0.3, -0.25) is 4.79 Å². The van der Waals surface area contributed by atoms with Crippen molar-refractivity contribution in [2.24, 2.45) is 56.7 Å². The zero-order valence-corrected chi connectivity index (χ0v) is 23.1. The third-order valence-electron chi connectivity index (χ3n) is 13.6. The first kappa shape index (κ1) is 25.8. The second-order valence-electron chi connectivity index (χ2n) is 14.9. The molecule has 10 atom stereocenters. The molecule has 3 N–H and O–H groups in total. The van der Waals surface area contributed by atoms with Crippen molar-refractivity contribution in [1.29, 1.82) is 0 Å². The van der Waals surface area contributed by atoms with Crippen LogP contribution in [-0.2, 0) is 4.79 Å². The molecule has 4 heteroatoms. The number of hydrogen-bond donors (Lipinski definition) is 3. The highest BCUT2D eigenvalue weighted by molar-refractivity contribution is 5.68. The van der Waals surface area contributed by atoms with Crippen LogP contribution in [0.2, 0.25) is 0 Å². The van der Waals surface area contributed by atoms with Gasteiger partial charge in [-0.1, -0.05) is 53.2 Å². The Labute approximate surface area is 213 Å². The van der Waals surface area contributed by atoms with Gasteiger partial charge in [0.15, 0.2) is 0 Å². The topological polar surface area (TPSA) is 77.8 Å². The number of hydrogen-bond acceptors (Lipinski definition) is 3. The van der Waals surface area contributed by atoms with Crippen molar-refractivity contribution in [2.75, 3.05) is 6.61 Å². The largest absolute Gasteiger partial charge is 0.481 e. The van der Waals surface area contributed by atoms with E-state index in [4.69, 9.17) is 0 Å². The van der Waals surface area contributed by atoms with Crippen LogP contribution in [0.5, 0.6) is 0 Å². The molecule has 0 aromatic rings. The Morgan fingerprint density at radius 3 is 2.34 bits per heavy atom. The van der Waals surface area contributed by atoms with Crippen LogP contribution in [0.25, 0.3) is 0 Å². The van der Waals surface area contributed by atoms with Gasteiger partial charge in [0.05, 0.1) is 19.1 Å². The molecular weight excluding hydrogens is 436 g/mol. The van der Waals surface area contributed by atoms with E-state index < -0.39 is 5.97 Å². The van der Waals surface area contributed by atoms with Gasteiger partial charge in [0.1, 0.15) is 0 Å². The van der Waals surface area contributed by atoms with E-state index in [-0.39, 0.29) is 52.1 Å². The van der Waals surface area contributed by atoms with Crippen LogP contribution in [0, 0.1) is 56.7 Å². The normalized spacial score (nSPS) is 52.9. The van der Waals surface area contributed by atoms with Crippen LogP contribution in [0.3, 0.4) is 0 Å². The molecule has 4 nitrogen and oxygen atoms in total. The molecule has 0 aliphatic heterocycles. The molecule has 0 aromatic heterocycles. The van der Waals surface area contributed by atoms with Gasteiger partial charge in [0.25, 0.3) is 0 Å². The lowest BCUT2D eigenvalue weighted by molar-refractivity contribution is -0.214. The third kappa shape index (κ3) is 3.20. The lowest BCUT2D eigenvalue weighted by Gasteiger charge is -2.72. The molecule has 0 aromatic carbocycles. The van der Waals surface area contributed by atoms with E-state index in [1.54, 1.807) is 0 Å². The molecule has 0 amide bonds. The first-order chi connectivity index (χ1) is 16.3. The lowest BCUT2D eigenvalue weighted by atomic mass is 9.33. The molecule has 35 heavy (non-hydrogen) atoms. The fourth-order valence-electron chi connectivity index (χ4n) is 11.4. The average molecular weight is 487 g/mol. The summed E-state index contributed by atoms with van der Waals surface area (Å²) in [5, 5.41) is 32.2. The van der Waals surface area contributed by atoms with Gasteiger partial charge in [-0.15, -0.1) is 0 Å². The summed E-state index contributed by atoms with van der Waals surface area (Å²) < 4.78 is 0. The van der Waals surface area contributed by atoms with Gasteiger partial charge in [0, 0.05) is 5.41 Å². The van der Waals surface area contributed by atoms with Crippen molar-refractivity contribution in [3.05, 3.63) is 11.6 Å². The monoisotopic (exact) mass is 486 g/mol. The number of carbonyl (C=O) groups is 1. The van der Waals surface area contributed by atoms with E-state index in [1.165, 1.54) is 5.57 Å². The molecule has 5 aliphatic rings. The zero-order valence-electron chi connectivity index (χ0n) is 23.1. The van der Waals surface area contributed by atoms with E-state index in [1.807, 2.05) is 0 Å². The average Bonchev–Trinajstić information content (AvgIpc) is 2.78. The Morgan fingerprint density at radius 1 is 0.971 bits per heavy atom. The van der Waals surface area contributed by atoms with Crippen LogP contribution < -0.4 is 0 Å². The molecule has 0 bridgehead atoms. The molecular formula is C31H50O4. The Kier molecular flexibility index (Phi) is 5.94. The molecule has 0 heterocycles. The highest BCUT2D eigenvalue weighted by Gasteiger charge is 2.69. The van der Waals surface area contributed by atoms with Gasteiger partial charge >= 0.3 is 5.97 Å². The third-order valence-corrected chi connectivity index (χ3v) is 13.6. The second-order valence-corrected chi connectivity index (χ2v) is 14.9. The fourth-order valence-corrected chi connectivity index (χ4v) is 11.4. The summed E-state index contributed by atoms with van der Waals surface area (Å²) in [6.07, 6.45) is 11.7. The van der Waals surface area contributed by atoms with Crippen LogP contribution in [0.1, 0.15) is 106 Å². The van der Waals surface area contributed by atoms with E-state index >= 15 is 0 Å². The Balaban J connectivity index is 1.63. The van der Waals surface area contributed by atoms with Crippen molar-refractivity contribution >= 4 is 5.97 Å². The summed E-state index contributed by atoms with van der Waals surface area (Å²) in [6.45, 7) is 14.4. The minimum absolute atomic E-state index is 0.00520. The summed E-state index contributed by atoms with van der Waals surface area (Å²) in [7, 11) is 0. The van der Waals surface area contributed by atoms with Gasteiger partial charge in [-0.05, 0) is 109 Å². The van der Waals surface area contributed by atoms with Crippen LogP contribution in [-0.4, -0.2) is 34.0 Å². The molecule has 4 saturated carbocycles. The van der Waals surface area contributed by atoms with Gasteiger partial charge in [0.2, 0.25) is 0 Å². The summed E-state index contributed by atoms with van der Waals surface area (Å²) in [5.41, 5.74) is 1.10. The molecule has 5 rings (SSSR count). The van der Waals surface area contributed by atoms with Crippen LogP contribution in [0.15, 0.2) is 11.6 Å². The SMILES string of the molecule is C[C@H]1[C@H](C)CC[C@]2(CC(=O)O)CC[C@]3(CO)C(=CC[C@@H]4[C@@]5(C)CC[C@H](O)C(C)(C)[C@@H]5CC[C@]43C)[C@H]12. The molecule has 0 saturated heterocycles. The second kappa shape index (κ2) is 8.06. The van der Waals surface area contributed by atoms with E-state index in [0.717, 1.165) is 57.8 Å². The van der Waals surface area contributed by atoms with Crippen molar-refractivity contribution in [2.45, 2.75) is 112 Å². The number of rotatable bonds is 3. The quantitative estimate of drug-likeness (QED) is 0.401. The summed E-state index contributed by atoms with van der Waals surface area (Å²) in [4.78, 5) is 12.1. The van der Waals surface area contributed by atoms with Crippen molar-refractivity contribution in [3.8, 4) is 0 Å². The van der Waals surface area contributed by atoms with Gasteiger partial charge in [-0.2, -0.15) is 0 Å². The zero-order chi connectivity index (χ0) is 25.6. The maximum atomic E-state index is 12.1. The number of aliphatic hydroxyl groups is 2.